The third-order valence-corrected chi connectivity index (χ3v) is 4.12. The average molecular weight is 377 g/mol. The average Bonchev–Trinajstić information content (AvgIpc) is 3.07. The second-order valence-electron chi connectivity index (χ2n) is 5.97. The van der Waals surface area contributed by atoms with E-state index >= 15 is 0 Å². The van der Waals surface area contributed by atoms with Crippen LogP contribution in [0.2, 0.25) is 0 Å². The van der Waals surface area contributed by atoms with Gasteiger partial charge in [0, 0.05) is 31.8 Å². The number of nitrogens with zero attached hydrogens (tertiary/aromatic N) is 1. The van der Waals surface area contributed by atoms with E-state index < -0.39 is 30.4 Å². The molecular weight excluding hydrogens is 358 g/mol. The van der Waals surface area contributed by atoms with Crippen LogP contribution in [0.15, 0.2) is 18.2 Å². The zero-order valence-electron chi connectivity index (χ0n) is 14.6. The molecule has 1 aromatic carbocycles. The molecule has 2 aliphatic rings. The number of fused-ring (bicyclic) bond motifs is 1. The highest BCUT2D eigenvalue weighted by molar-refractivity contribution is 6.00. The van der Waals surface area contributed by atoms with Crippen molar-refractivity contribution in [2.24, 2.45) is 5.92 Å². The summed E-state index contributed by atoms with van der Waals surface area (Å²) >= 11 is 0. The number of imide groups is 1. The Hall–Kier alpha value is -3.30. The number of esters is 1. The minimum Gasteiger partial charge on any atom is -0.486 e. The van der Waals surface area contributed by atoms with Crippen molar-refractivity contribution < 1.29 is 33.4 Å². The lowest BCUT2D eigenvalue weighted by molar-refractivity contribution is -0.152. The second-order valence-corrected chi connectivity index (χ2v) is 5.97. The van der Waals surface area contributed by atoms with Crippen molar-refractivity contribution in [1.82, 2.24) is 10.6 Å². The largest absolute Gasteiger partial charge is 0.486 e. The van der Waals surface area contributed by atoms with Gasteiger partial charge in [0.25, 0.3) is 5.91 Å². The van der Waals surface area contributed by atoms with Gasteiger partial charge in [0.05, 0.1) is 5.92 Å². The van der Waals surface area contributed by atoms with E-state index in [1.165, 1.54) is 11.9 Å². The van der Waals surface area contributed by atoms with Gasteiger partial charge in [0.2, 0.25) is 5.91 Å². The van der Waals surface area contributed by atoms with Gasteiger partial charge in [-0.3, -0.25) is 19.7 Å². The quantitative estimate of drug-likeness (QED) is 0.697. The molecular formula is C17H19N3O7. The summed E-state index contributed by atoms with van der Waals surface area (Å²) in [5.74, 6) is -1.20. The highest BCUT2D eigenvalue weighted by Gasteiger charge is 2.36. The van der Waals surface area contributed by atoms with Crippen molar-refractivity contribution in [2.75, 3.05) is 38.3 Å². The molecule has 0 aromatic heterocycles. The van der Waals surface area contributed by atoms with Crippen LogP contribution in [0.5, 0.6) is 11.5 Å². The molecule has 144 valence electrons. The van der Waals surface area contributed by atoms with E-state index in [0.717, 1.165) is 0 Å². The molecule has 3 rings (SSSR count). The summed E-state index contributed by atoms with van der Waals surface area (Å²) < 4.78 is 15.9. The number of anilines is 1. The number of urea groups is 1. The summed E-state index contributed by atoms with van der Waals surface area (Å²) in [6.45, 7) is 0.434. The Balaban J connectivity index is 1.57. The third kappa shape index (κ3) is 4.27. The molecule has 4 amide bonds. The number of hydrogen-bond acceptors (Lipinski definition) is 7. The molecule has 27 heavy (non-hydrogen) atoms. The Morgan fingerprint density at radius 3 is 2.70 bits per heavy atom. The van der Waals surface area contributed by atoms with Crippen LogP contribution in [0.3, 0.4) is 0 Å². The van der Waals surface area contributed by atoms with Crippen molar-refractivity contribution in [3.8, 4) is 11.5 Å². The molecule has 10 heteroatoms. The summed E-state index contributed by atoms with van der Waals surface area (Å²) in [4.78, 5) is 48.4. The molecule has 0 aliphatic carbocycles. The lowest BCUT2D eigenvalue weighted by atomic mass is 10.1. The lowest BCUT2D eigenvalue weighted by Gasteiger charge is -2.22. The van der Waals surface area contributed by atoms with E-state index in [2.05, 4.69) is 5.32 Å². The van der Waals surface area contributed by atoms with Gasteiger partial charge in [-0.2, -0.15) is 0 Å². The van der Waals surface area contributed by atoms with Crippen LogP contribution in [0.25, 0.3) is 0 Å². The summed E-state index contributed by atoms with van der Waals surface area (Å²) in [6, 6.07) is 4.43. The molecule has 1 fully saturated rings. The highest BCUT2D eigenvalue weighted by atomic mass is 16.6. The molecule has 1 atom stereocenters. The van der Waals surface area contributed by atoms with Gasteiger partial charge in [-0.05, 0) is 12.1 Å². The lowest BCUT2D eigenvalue weighted by Crippen LogP contribution is -2.40. The maximum absolute atomic E-state index is 12.3. The number of hydrogen-bond donors (Lipinski definition) is 2. The SMILES string of the molecule is CNC(=O)NC(=O)COC(=O)[C@H]1CC(=O)N(c2ccc3c(c2)OCCO3)C1. The number of carbonyl (C=O) groups is 4. The van der Waals surface area contributed by atoms with E-state index in [1.807, 2.05) is 5.32 Å². The second kappa shape index (κ2) is 7.94. The normalized spacial score (nSPS) is 18.0. The van der Waals surface area contributed by atoms with E-state index in [4.69, 9.17) is 14.2 Å². The molecule has 2 aliphatic heterocycles. The standard InChI is InChI=1S/C17H19N3O7/c1-18-17(24)19-14(21)9-27-16(23)10-6-15(22)20(8-10)11-2-3-12-13(7-11)26-5-4-25-12/h2-3,7,10H,4-6,8-9H2,1H3,(H2,18,19,21,24)/t10-/m0/s1. The molecule has 0 spiro atoms. The minimum atomic E-state index is -0.754. The molecule has 0 bridgehead atoms. The molecule has 1 saturated heterocycles. The van der Waals surface area contributed by atoms with Gasteiger partial charge >= 0.3 is 12.0 Å². The van der Waals surface area contributed by atoms with Gasteiger partial charge in [-0.25, -0.2) is 4.79 Å². The number of nitrogens with one attached hydrogen (secondary N) is 2. The van der Waals surface area contributed by atoms with Gasteiger partial charge < -0.3 is 24.4 Å². The monoisotopic (exact) mass is 377 g/mol. The number of ether oxygens (including phenoxy) is 3. The summed E-state index contributed by atoms with van der Waals surface area (Å²) in [6.07, 6.45) is -0.0235. The molecule has 0 radical (unpaired) electrons. The minimum absolute atomic E-state index is 0.0235. The summed E-state index contributed by atoms with van der Waals surface area (Å²) in [7, 11) is 1.35. The fourth-order valence-corrected chi connectivity index (χ4v) is 2.79. The Labute approximate surface area is 154 Å². The summed E-state index contributed by atoms with van der Waals surface area (Å²) in [5, 5.41) is 4.19. The van der Waals surface area contributed by atoms with Gasteiger partial charge in [-0.15, -0.1) is 0 Å². The predicted octanol–water partition coefficient (Wildman–Crippen LogP) is -0.190. The molecule has 2 N–H and O–H groups in total. The van der Waals surface area contributed by atoms with Crippen LogP contribution < -0.4 is 25.0 Å². The fraction of sp³-hybridized carbons (Fsp3) is 0.412. The smallest absolute Gasteiger partial charge is 0.321 e. The van der Waals surface area contributed by atoms with Crippen LogP contribution in [0.1, 0.15) is 6.42 Å². The highest BCUT2D eigenvalue weighted by Crippen LogP contribution is 2.36. The Bertz CT molecular complexity index is 780. The van der Waals surface area contributed by atoms with Crippen LogP contribution in [0, 0.1) is 5.92 Å². The van der Waals surface area contributed by atoms with Gasteiger partial charge in [0.1, 0.15) is 13.2 Å². The van der Waals surface area contributed by atoms with Crippen LogP contribution in [-0.4, -0.2) is 57.2 Å². The maximum Gasteiger partial charge on any atom is 0.321 e. The van der Waals surface area contributed by atoms with Gasteiger partial charge in [0.15, 0.2) is 18.1 Å². The van der Waals surface area contributed by atoms with E-state index in [9.17, 15) is 19.2 Å². The Morgan fingerprint density at radius 2 is 1.96 bits per heavy atom. The van der Waals surface area contributed by atoms with E-state index in [1.54, 1.807) is 18.2 Å². The third-order valence-electron chi connectivity index (χ3n) is 4.12. The van der Waals surface area contributed by atoms with Crippen molar-refractivity contribution in [3.05, 3.63) is 18.2 Å². The first kappa shape index (κ1) is 18.5. The molecule has 0 unspecified atom stereocenters. The number of rotatable bonds is 4. The van der Waals surface area contributed by atoms with Crippen molar-refractivity contribution in [3.63, 3.8) is 0 Å². The van der Waals surface area contributed by atoms with Crippen molar-refractivity contribution in [2.45, 2.75) is 6.42 Å². The molecule has 0 saturated carbocycles. The zero-order valence-corrected chi connectivity index (χ0v) is 14.6. The van der Waals surface area contributed by atoms with E-state index in [0.29, 0.717) is 30.4 Å². The van der Waals surface area contributed by atoms with Crippen molar-refractivity contribution >= 4 is 29.5 Å². The van der Waals surface area contributed by atoms with E-state index in [-0.39, 0.29) is 18.9 Å². The van der Waals surface area contributed by atoms with Crippen LogP contribution in [0.4, 0.5) is 10.5 Å². The van der Waals surface area contributed by atoms with Crippen molar-refractivity contribution in [1.29, 1.82) is 0 Å². The fourth-order valence-electron chi connectivity index (χ4n) is 2.79. The number of amides is 4. The first-order valence-electron chi connectivity index (χ1n) is 8.36. The first-order chi connectivity index (χ1) is 13.0. The number of benzene rings is 1. The summed E-state index contributed by atoms with van der Waals surface area (Å²) in [5.41, 5.74) is 0.594. The predicted molar refractivity (Wildman–Crippen MR) is 91.4 cm³/mol. The van der Waals surface area contributed by atoms with Gasteiger partial charge in [-0.1, -0.05) is 0 Å². The molecule has 1 aromatic rings. The topological polar surface area (TPSA) is 123 Å². The Morgan fingerprint density at radius 1 is 1.22 bits per heavy atom. The van der Waals surface area contributed by atoms with Crippen LogP contribution >= 0.6 is 0 Å². The number of carbonyl (C=O) groups excluding carboxylic acids is 4. The first-order valence-corrected chi connectivity index (χ1v) is 8.36. The molecule has 10 nitrogen and oxygen atoms in total. The zero-order chi connectivity index (χ0) is 19.4. The Kier molecular flexibility index (Phi) is 5.43. The maximum atomic E-state index is 12.3. The van der Waals surface area contributed by atoms with Crippen LogP contribution in [-0.2, 0) is 19.1 Å². The molecule has 2 heterocycles.